The highest BCUT2D eigenvalue weighted by molar-refractivity contribution is 5.73. The summed E-state index contributed by atoms with van der Waals surface area (Å²) in [6, 6.07) is 0. The van der Waals surface area contributed by atoms with Crippen LogP contribution in [-0.4, -0.2) is 99.9 Å². The van der Waals surface area contributed by atoms with Crippen molar-refractivity contribution >= 4 is 5.91 Å². The van der Waals surface area contributed by atoms with Crippen molar-refractivity contribution in [3.05, 3.63) is 0 Å². The van der Waals surface area contributed by atoms with Gasteiger partial charge in [0, 0.05) is 59.8 Å². The molecule has 0 N–H and O–H groups in total. The molecule has 1 amide bonds. The number of ether oxygens (including phenoxy) is 2. The number of carbonyl (C=O) groups excluding carboxylic acids is 1. The van der Waals surface area contributed by atoms with Gasteiger partial charge >= 0.3 is 0 Å². The average molecular weight is 327 g/mol. The van der Waals surface area contributed by atoms with Gasteiger partial charge in [0.1, 0.15) is 0 Å². The van der Waals surface area contributed by atoms with Gasteiger partial charge in [0.05, 0.1) is 19.8 Å². The van der Waals surface area contributed by atoms with Crippen molar-refractivity contribution in [2.45, 2.75) is 19.8 Å². The fraction of sp³-hybridized carbons (Fsp3) is 0.941. The van der Waals surface area contributed by atoms with Crippen molar-refractivity contribution in [3.63, 3.8) is 0 Å². The summed E-state index contributed by atoms with van der Waals surface area (Å²) in [5.74, 6) is 0.853. The minimum Gasteiger partial charge on any atom is -0.383 e. The smallest absolute Gasteiger partial charge is 0.219 e. The molecule has 2 saturated heterocycles. The van der Waals surface area contributed by atoms with Gasteiger partial charge in [-0.3, -0.25) is 9.69 Å². The first kappa shape index (κ1) is 18.6. The Hall–Kier alpha value is -0.690. The Morgan fingerprint density at radius 2 is 1.78 bits per heavy atom. The second-order valence-electron chi connectivity index (χ2n) is 6.72. The Balaban J connectivity index is 1.53. The SMILES string of the molecule is COCCN1CCCC(COCCN2CCN(C(C)=O)CC2)C1. The van der Waals surface area contributed by atoms with Crippen LogP contribution >= 0.6 is 0 Å². The Morgan fingerprint density at radius 1 is 1.04 bits per heavy atom. The molecule has 6 heteroatoms. The first-order chi connectivity index (χ1) is 11.2. The maximum absolute atomic E-state index is 11.3. The highest BCUT2D eigenvalue weighted by Gasteiger charge is 2.20. The summed E-state index contributed by atoms with van der Waals surface area (Å²) in [4.78, 5) is 18.1. The molecule has 1 unspecified atom stereocenters. The van der Waals surface area contributed by atoms with E-state index < -0.39 is 0 Å². The van der Waals surface area contributed by atoms with E-state index in [-0.39, 0.29) is 5.91 Å². The summed E-state index contributed by atoms with van der Waals surface area (Å²) >= 11 is 0. The Kier molecular flexibility index (Phi) is 8.30. The van der Waals surface area contributed by atoms with Gasteiger partial charge in [-0.05, 0) is 25.3 Å². The predicted molar refractivity (Wildman–Crippen MR) is 90.6 cm³/mol. The molecule has 2 rings (SSSR count). The second kappa shape index (κ2) is 10.2. The minimum atomic E-state index is 0.191. The van der Waals surface area contributed by atoms with E-state index in [0.29, 0.717) is 5.92 Å². The van der Waals surface area contributed by atoms with Gasteiger partial charge in [0.15, 0.2) is 0 Å². The van der Waals surface area contributed by atoms with E-state index in [0.717, 1.165) is 65.6 Å². The number of carbonyl (C=O) groups is 1. The molecule has 0 radical (unpaired) electrons. The van der Waals surface area contributed by atoms with Crippen LogP contribution in [0.1, 0.15) is 19.8 Å². The summed E-state index contributed by atoms with van der Waals surface area (Å²) in [5, 5.41) is 0. The molecule has 2 heterocycles. The van der Waals surface area contributed by atoms with E-state index in [1.165, 1.54) is 19.4 Å². The third-order valence-corrected chi connectivity index (χ3v) is 4.94. The standard InChI is InChI=1S/C17H33N3O3/c1-16(21)20-8-6-18(7-9-20)11-13-23-15-17-4-3-5-19(14-17)10-12-22-2/h17H,3-15H2,1-2H3. The molecular weight excluding hydrogens is 294 g/mol. The van der Waals surface area contributed by atoms with Crippen molar-refractivity contribution in [1.29, 1.82) is 0 Å². The Morgan fingerprint density at radius 3 is 2.48 bits per heavy atom. The van der Waals surface area contributed by atoms with Gasteiger partial charge in [0.25, 0.3) is 0 Å². The van der Waals surface area contributed by atoms with Gasteiger partial charge in [-0.1, -0.05) is 0 Å². The summed E-state index contributed by atoms with van der Waals surface area (Å²) in [7, 11) is 1.76. The number of hydrogen-bond acceptors (Lipinski definition) is 5. The first-order valence-electron chi connectivity index (χ1n) is 8.96. The maximum Gasteiger partial charge on any atom is 0.219 e. The number of nitrogens with zero attached hydrogens (tertiary/aromatic N) is 3. The maximum atomic E-state index is 11.3. The Labute approximate surface area is 140 Å². The third-order valence-electron chi connectivity index (χ3n) is 4.94. The first-order valence-corrected chi connectivity index (χ1v) is 8.96. The minimum absolute atomic E-state index is 0.191. The fourth-order valence-electron chi connectivity index (χ4n) is 3.44. The number of methoxy groups -OCH3 is 1. The van der Waals surface area contributed by atoms with Crippen LogP contribution in [0.4, 0.5) is 0 Å². The predicted octanol–water partition coefficient (Wildman–Crippen LogP) is 0.526. The highest BCUT2D eigenvalue weighted by atomic mass is 16.5. The zero-order valence-electron chi connectivity index (χ0n) is 14.8. The zero-order valence-corrected chi connectivity index (χ0v) is 14.8. The van der Waals surface area contributed by atoms with Crippen molar-refractivity contribution in [2.75, 3.05) is 79.3 Å². The molecule has 0 aliphatic carbocycles. The molecule has 0 saturated carbocycles. The van der Waals surface area contributed by atoms with Gasteiger partial charge in [-0.15, -0.1) is 0 Å². The van der Waals surface area contributed by atoms with Gasteiger partial charge in [0.2, 0.25) is 5.91 Å². The van der Waals surface area contributed by atoms with E-state index in [4.69, 9.17) is 9.47 Å². The molecule has 2 fully saturated rings. The lowest BCUT2D eigenvalue weighted by Gasteiger charge is -2.34. The molecule has 0 bridgehead atoms. The Bertz CT molecular complexity index is 346. The number of rotatable bonds is 8. The molecule has 6 nitrogen and oxygen atoms in total. The zero-order chi connectivity index (χ0) is 16.5. The lowest BCUT2D eigenvalue weighted by atomic mass is 9.99. The molecule has 134 valence electrons. The number of piperidine rings is 1. The topological polar surface area (TPSA) is 45.3 Å². The molecule has 0 aromatic carbocycles. The van der Waals surface area contributed by atoms with Gasteiger partial charge in [-0.2, -0.15) is 0 Å². The molecule has 0 aromatic rings. The molecule has 2 aliphatic heterocycles. The van der Waals surface area contributed by atoms with Crippen molar-refractivity contribution in [1.82, 2.24) is 14.7 Å². The highest BCUT2D eigenvalue weighted by Crippen LogP contribution is 2.16. The van der Waals surface area contributed by atoms with Crippen LogP contribution in [0.3, 0.4) is 0 Å². The van der Waals surface area contributed by atoms with E-state index in [1.807, 2.05) is 4.90 Å². The van der Waals surface area contributed by atoms with Crippen molar-refractivity contribution < 1.29 is 14.3 Å². The van der Waals surface area contributed by atoms with Crippen molar-refractivity contribution in [2.24, 2.45) is 5.92 Å². The molecule has 0 aromatic heterocycles. The molecule has 0 spiro atoms. The largest absolute Gasteiger partial charge is 0.383 e. The summed E-state index contributed by atoms with van der Waals surface area (Å²) in [6.07, 6.45) is 2.55. The van der Waals surface area contributed by atoms with Crippen LogP contribution in [0, 0.1) is 5.92 Å². The van der Waals surface area contributed by atoms with E-state index in [1.54, 1.807) is 14.0 Å². The molecule has 2 aliphatic rings. The second-order valence-corrected chi connectivity index (χ2v) is 6.72. The molecular formula is C17H33N3O3. The normalized spacial score (nSPS) is 24.1. The average Bonchev–Trinajstić information content (AvgIpc) is 2.57. The lowest BCUT2D eigenvalue weighted by Crippen LogP contribution is -2.48. The van der Waals surface area contributed by atoms with Crippen LogP contribution in [0.25, 0.3) is 0 Å². The third kappa shape index (κ3) is 6.75. The van der Waals surface area contributed by atoms with E-state index in [9.17, 15) is 4.79 Å². The molecule has 23 heavy (non-hydrogen) atoms. The fourth-order valence-corrected chi connectivity index (χ4v) is 3.44. The number of amides is 1. The van der Waals surface area contributed by atoms with Crippen LogP contribution in [0.5, 0.6) is 0 Å². The summed E-state index contributed by atoms with van der Waals surface area (Å²) < 4.78 is 11.1. The van der Waals surface area contributed by atoms with Crippen LogP contribution in [0.15, 0.2) is 0 Å². The van der Waals surface area contributed by atoms with Crippen LogP contribution in [-0.2, 0) is 14.3 Å². The van der Waals surface area contributed by atoms with Crippen LogP contribution in [0.2, 0.25) is 0 Å². The number of piperazine rings is 1. The number of likely N-dealkylation sites (tertiary alicyclic amines) is 1. The van der Waals surface area contributed by atoms with Gasteiger partial charge in [-0.25, -0.2) is 0 Å². The monoisotopic (exact) mass is 327 g/mol. The molecule has 1 atom stereocenters. The number of hydrogen-bond donors (Lipinski definition) is 0. The van der Waals surface area contributed by atoms with E-state index in [2.05, 4.69) is 9.80 Å². The quantitative estimate of drug-likeness (QED) is 0.609. The summed E-state index contributed by atoms with van der Waals surface area (Å²) in [5.41, 5.74) is 0. The summed E-state index contributed by atoms with van der Waals surface area (Å²) in [6.45, 7) is 12.1. The van der Waals surface area contributed by atoms with Gasteiger partial charge < -0.3 is 19.3 Å². The van der Waals surface area contributed by atoms with Crippen LogP contribution < -0.4 is 0 Å². The van der Waals surface area contributed by atoms with Crippen molar-refractivity contribution in [3.8, 4) is 0 Å². The lowest BCUT2D eigenvalue weighted by molar-refractivity contribution is -0.130. The van der Waals surface area contributed by atoms with E-state index >= 15 is 0 Å².